The number of fused-ring (bicyclic) bond motifs is 1. The Morgan fingerprint density at radius 3 is 2.38 bits per heavy atom. The summed E-state index contributed by atoms with van der Waals surface area (Å²) < 4.78 is 24.4. The van der Waals surface area contributed by atoms with E-state index in [1.807, 2.05) is 0 Å². The lowest BCUT2D eigenvalue weighted by Crippen LogP contribution is -2.17. The van der Waals surface area contributed by atoms with E-state index in [2.05, 4.69) is 10.3 Å². The first kappa shape index (κ1) is 20.9. The lowest BCUT2D eigenvalue weighted by molar-refractivity contribution is -0.384. The van der Waals surface area contributed by atoms with Crippen molar-refractivity contribution in [1.82, 2.24) is 0 Å². The molecule has 0 saturated carbocycles. The van der Waals surface area contributed by atoms with E-state index < -0.39 is 24.2 Å². The molecule has 1 amide bonds. The third-order valence-corrected chi connectivity index (χ3v) is 6.45. The number of nitrogens with one attached hydrogen (secondary N) is 1. The first-order valence-electron chi connectivity index (χ1n) is 9.01. The Kier molecular flexibility index (Phi) is 6.22. The van der Waals surface area contributed by atoms with Crippen LogP contribution < -0.4 is 5.32 Å². The van der Waals surface area contributed by atoms with Crippen molar-refractivity contribution in [3.8, 4) is 0 Å². The normalized spacial score (nSPS) is 15.8. The number of carbonyl (C=O) groups is 1. The summed E-state index contributed by atoms with van der Waals surface area (Å²) in [5.41, 5.74) is 0.967. The van der Waals surface area contributed by atoms with Gasteiger partial charge in [-0.2, -0.15) is 0 Å². The van der Waals surface area contributed by atoms with Gasteiger partial charge in [-0.1, -0.05) is 30.3 Å². The summed E-state index contributed by atoms with van der Waals surface area (Å²) in [4.78, 5) is 27.6. The Labute approximate surface area is 167 Å². The molecule has 0 radical (unpaired) electrons. The second kappa shape index (κ2) is 8.65. The zero-order chi connectivity index (χ0) is 21.0. The predicted octanol–water partition coefficient (Wildman–Crippen LogP) is 4.30. The molecule has 1 atom stereocenters. The largest absolute Gasteiger partial charge is 0.359 e. The monoisotopic (exact) mass is 417 g/mol. The minimum atomic E-state index is -3.77. The van der Waals surface area contributed by atoms with Crippen molar-refractivity contribution >= 4 is 30.6 Å². The van der Waals surface area contributed by atoms with E-state index in [0.717, 1.165) is 0 Å². The van der Waals surface area contributed by atoms with Gasteiger partial charge in [-0.15, -0.1) is 0 Å². The number of rotatable bonds is 8. The Bertz CT molecular complexity index is 998. The van der Waals surface area contributed by atoms with E-state index in [4.69, 9.17) is 9.05 Å². The van der Waals surface area contributed by atoms with Crippen molar-refractivity contribution < 1.29 is 23.3 Å². The van der Waals surface area contributed by atoms with Crippen LogP contribution >= 0.6 is 7.60 Å². The second-order valence-corrected chi connectivity index (χ2v) is 8.16. The Balaban J connectivity index is 2.17. The quantitative estimate of drug-likeness (QED) is 0.388. The van der Waals surface area contributed by atoms with Crippen LogP contribution in [0.5, 0.6) is 0 Å². The average molecular weight is 417 g/mol. The molecule has 1 heterocycles. The maximum Gasteiger partial charge on any atom is 0.359 e. The number of hydrogen-bond donors (Lipinski definition) is 1. The van der Waals surface area contributed by atoms with E-state index in [1.165, 1.54) is 18.2 Å². The summed E-state index contributed by atoms with van der Waals surface area (Å²) in [6.07, 6.45) is 0. The molecule has 1 aliphatic heterocycles. The van der Waals surface area contributed by atoms with Gasteiger partial charge in [0.05, 0.1) is 23.8 Å². The fraction of sp³-hybridized carbons (Fsp3) is 0.263. The molecule has 2 aromatic rings. The summed E-state index contributed by atoms with van der Waals surface area (Å²) in [7, 11) is -3.77. The average Bonchev–Trinajstić information content (AvgIpc) is 3.01. The van der Waals surface area contributed by atoms with Crippen molar-refractivity contribution in [2.45, 2.75) is 19.6 Å². The van der Waals surface area contributed by atoms with Gasteiger partial charge in [0.1, 0.15) is 5.71 Å². The molecule has 0 aliphatic carbocycles. The van der Waals surface area contributed by atoms with Crippen LogP contribution in [0.1, 0.15) is 30.8 Å². The molecule has 29 heavy (non-hydrogen) atoms. The van der Waals surface area contributed by atoms with Crippen LogP contribution in [0.3, 0.4) is 0 Å². The van der Waals surface area contributed by atoms with Crippen LogP contribution in [-0.2, 0) is 18.4 Å². The molecule has 0 spiro atoms. The van der Waals surface area contributed by atoms with Gasteiger partial charge >= 0.3 is 7.60 Å². The highest BCUT2D eigenvalue weighted by Crippen LogP contribution is 2.62. The number of hydrogen-bond acceptors (Lipinski definition) is 7. The third kappa shape index (κ3) is 4.27. The fourth-order valence-electron chi connectivity index (χ4n) is 3.00. The summed E-state index contributed by atoms with van der Waals surface area (Å²) in [5.74, 6) is -1.64. The van der Waals surface area contributed by atoms with Crippen molar-refractivity contribution in [2.75, 3.05) is 18.5 Å². The zero-order valence-corrected chi connectivity index (χ0v) is 16.8. The minimum Gasteiger partial charge on any atom is -0.320 e. The number of non-ortho nitro benzene ring substituents is 1. The second-order valence-electron chi connectivity index (χ2n) is 6.08. The van der Waals surface area contributed by atoms with Crippen LogP contribution in [0.2, 0.25) is 0 Å². The van der Waals surface area contributed by atoms with Crippen molar-refractivity contribution in [1.29, 1.82) is 0 Å². The fourth-order valence-corrected chi connectivity index (χ4v) is 4.87. The number of aliphatic imine (C=N–C) groups is 1. The van der Waals surface area contributed by atoms with Gasteiger partial charge in [-0.05, 0) is 25.5 Å². The number of nitro benzene ring substituents is 1. The molecule has 2 aromatic carbocycles. The number of amides is 1. The molecule has 10 heteroatoms. The van der Waals surface area contributed by atoms with Gasteiger partial charge in [0.2, 0.25) is 0 Å². The standard InChI is InChI=1S/C19H20N3O6P/c1-3-27-29(26,28-4-2)19(13-8-6-5-7-9-13)21-17-15-12-14(22(24)25)10-11-16(15)20-18(17)23/h5-12,19H,3-4H2,1-2H3,(H,20,21,23)/t19-/m1/s1. The van der Waals surface area contributed by atoms with Gasteiger partial charge in [-0.3, -0.25) is 24.5 Å². The molecule has 0 unspecified atom stereocenters. The zero-order valence-electron chi connectivity index (χ0n) is 15.9. The molecule has 152 valence electrons. The Morgan fingerprint density at radius 2 is 1.79 bits per heavy atom. The maximum absolute atomic E-state index is 13.5. The van der Waals surface area contributed by atoms with Gasteiger partial charge in [0, 0.05) is 17.7 Å². The van der Waals surface area contributed by atoms with E-state index >= 15 is 0 Å². The SMILES string of the molecule is CCOP(=O)(OCC)[C@@H](/N=C1\C(=O)Nc2ccc([N+](=O)[O-])cc21)c1ccccc1. The molecular formula is C19H20N3O6P. The van der Waals surface area contributed by atoms with Gasteiger partial charge in [0.15, 0.2) is 5.78 Å². The highest BCUT2D eigenvalue weighted by atomic mass is 31.2. The molecule has 0 saturated heterocycles. The number of nitrogens with zero attached hydrogens (tertiary/aromatic N) is 2. The molecule has 0 aromatic heterocycles. The number of benzene rings is 2. The minimum absolute atomic E-state index is 0.0582. The third-order valence-electron chi connectivity index (χ3n) is 4.20. The molecule has 9 nitrogen and oxygen atoms in total. The number of anilines is 1. The summed E-state index contributed by atoms with van der Waals surface area (Å²) in [6, 6.07) is 12.7. The lowest BCUT2D eigenvalue weighted by atomic mass is 10.1. The van der Waals surface area contributed by atoms with Gasteiger partial charge < -0.3 is 14.4 Å². The smallest absolute Gasteiger partial charge is 0.320 e. The topological polar surface area (TPSA) is 120 Å². The summed E-state index contributed by atoms with van der Waals surface area (Å²) >= 11 is 0. The molecule has 1 aliphatic rings. The highest BCUT2D eigenvalue weighted by molar-refractivity contribution is 7.54. The Hall–Kier alpha value is -2.87. The van der Waals surface area contributed by atoms with Gasteiger partial charge in [0.25, 0.3) is 11.6 Å². The first-order valence-corrected chi connectivity index (χ1v) is 10.6. The predicted molar refractivity (Wildman–Crippen MR) is 108 cm³/mol. The Morgan fingerprint density at radius 1 is 1.14 bits per heavy atom. The van der Waals surface area contributed by atoms with Crippen LogP contribution in [0.4, 0.5) is 11.4 Å². The van der Waals surface area contributed by atoms with Crippen molar-refractivity contribution in [2.24, 2.45) is 4.99 Å². The van der Waals surface area contributed by atoms with Crippen LogP contribution in [0, 0.1) is 10.1 Å². The molecule has 3 rings (SSSR count). The van der Waals surface area contributed by atoms with E-state index in [-0.39, 0.29) is 30.2 Å². The van der Waals surface area contributed by atoms with Crippen LogP contribution in [-0.4, -0.2) is 29.8 Å². The molecule has 1 N–H and O–H groups in total. The summed E-state index contributed by atoms with van der Waals surface area (Å²) in [6.45, 7) is 3.61. The molecule has 0 fully saturated rings. The molecular weight excluding hydrogens is 397 g/mol. The first-order chi connectivity index (χ1) is 13.9. The van der Waals surface area contributed by atoms with Crippen molar-refractivity contribution in [3.63, 3.8) is 0 Å². The molecule has 0 bridgehead atoms. The number of nitro groups is 1. The number of carbonyl (C=O) groups excluding carboxylic acids is 1. The maximum atomic E-state index is 13.5. The van der Waals surface area contributed by atoms with Crippen molar-refractivity contribution in [3.05, 3.63) is 69.8 Å². The van der Waals surface area contributed by atoms with Crippen LogP contribution in [0.15, 0.2) is 53.5 Å². The summed E-state index contributed by atoms with van der Waals surface area (Å²) in [5, 5.41) is 13.8. The van der Waals surface area contributed by atoms with E-state index in [9.17, 15) is 19.5 Å². The van der Waals surface area contributed by atoms with Gasteiger partial charge in [-0.25, -0.2) is 0 Å². The lowest BCUT2D eigenvalue weighted by Gasteiger charge is -2.24. The van der Waals surface area contributed by atoms with Crippen LogP contribution in [0.25, 0.3) is 0 Å². The van der Waals surface area contributed by atoms with E-state index in [0.29, 0.717) is 11.3 Å². The highest BCUT2D eigenvalue weighted by Gasteiger charge is 2.39. The van der Waals surface area contributed by atoms with E-state index in [1.54, 1.807) is 44.2 Å².